The average molecular weight is 355 g/mol. The van der Waals surface area contributed by atoms with Crippen LogP contribution in [-0.2, 0) is 11.2 Å². The van der Waals surface area contributed by atoms with Gasteiger partial charge in [0.15, 0.2) is 0 Å². The van der Waals surface area contributed by atoms with Crippen molar-refractivity contribution in [2.75, 3.05) is 26.8 Å². The van der Waals surface area contributed by atoms with E-state index in [2.05, 4.69) is 0 Å². The van der Waals surface area contributed by atoms with Crippen molar-refractivity contribution >= 4 is 5.91 Å². The number of methoxy groups -OCH3 is 1. The largest absolute Gasteiger partial charge is 0.496 e. The Labute approximate surface area is 154 Å². The van der Waals surface area contributed by atoms with Gasteiger partial charge >= 0.3 is 0 Å². The highest BCUT2D eigenvalue weighted by molar-refractivity contribution is 5.79. The zero-order valence-corrected chi connectivity index (χ0v) is 15.1. The fourth-order valence-corrected chi connectivity index (χ4v) is 3.17. The summed E-state index contributed by atoms with van der Waals surface area (Å²) < 4.78 is 11.0. The first-order chi connectivity index (χ1) is 12.6. The van der Waals surface area contributed by atoms with Gasteiger partial charge in [-0.3, -0.25) is 4.79 Å². The molecule has 3 rings (SSSR count). The van der Waals surface area contributed by atoms with E-state index < -0.39 is 5.60 Å². The highest BCUT2D eigenvalue weighted by Crippen LogP contribution is 2.25. The molecule has 0 aliphatic carbocycles. The van der Waals surface area contributed by atoms with Gasteiger partial charge in [-0.25, -0.2) is 0 Å². The number of aliphatic hydroxyl groups is 1. The summed E-state index contributed by atoms with van der Waals surface area (Å²) in [6.07, 6.45) is 1.33. The molecular weight excluding hydrogens is 330 g/mol. The molecule has 0 radical (unpaired) electrons. The SMILES string of the molecule is COc1ccccc1CC(=O)N1CCC(O)(COc2ccccc2)CC1. The molecule has 1 N–H and O–H groups in total. The second kappa shape index (κ2) is 8.23. The molecule has 26 heavy (non-hydrogen) atoms. The number of benzene rings is 2. The third-order valence-electron chi connectivity index (χ3n) is 4.83. The topological polar surface area (TPSA) is 59.0 Å². The molecule has 1 fully saturated rings. The van der Waals surface area contributed by atoms with E-state index in [9.17, 15) is 9.90 Å². The smallest absolute Gasteiger partial charge is 0.227 e. The summed E-state index contributed by atoms with van der Waals surface area (Å²) in [7, 11) is 1.61. The Hall–Kier alpha value is -2.53. The minimum absolute atomic E-state index is 0.0560. The zero-order chi connectivity index (χ0) is 18.4. The molecule has 0 atom stereocenters. The first kappa shape index (κ1) is 18.3. The van der Waals surface area contributed by atoms with E-state index in [-0.39, 0.29) is 12.5 Å². The van der Waals surface area contributed by atoms with Crippen LogP contribution in [0.2, 0.25) is 0 Å². The first-order valence-electron chi connectivity index (χ1n) is 8.89. The molecule has 0 saturated carbocycles. The minimum atomic E-state index is -0.892. The van der Waals surface area contributed by atoms with Crippen LogP contribution in [0.1, 0.15) is 18.4 Å². The van der Waals surface area contributed by atoms with Crippen molar-refractivity contribution in [3.05, 3.63) is 60.2 Å². The highest BCUT2D eigenvalue weighted by Gasteiger charge is 2.34. The van der Waals surface area contributed by atoms with E-state index in [1.807, 2.05) is 59.5 Å². The number of carbonyl (C=O) groups is 1. The van der Waals surface area contributed by atoms with Crippen LogP contribution >= 0.6 is 0 Å². The maximum absolute atomic E-state index is 12.6. The van der Waals surface area contributed by atoms with Gasteiger partial charge in [0, 0.05) is 18.7 Å². The first-order valence-corrected chi connectivity index (χ1v) is 8.89. The van der Waals surface area contributed by atoms with Gasteiger partial charge in [0.2, 0.25) is 5.91 Å². The average Bonchev–Trinajstić information content (AvgIpc) is 2.68. The molecule has 1 heterocycles. The molecule has 1 aliphatic heterocycles. The Bertz CT molecular complexity index is 724. The van der Waals surface area contributed by atoms with Crippen molar-refractivity contribution in [2.24, 2.45) is 0 Å². The molecule has 1 saturated heterocycles. The number of hydrogen-bond donors (Lipinski definition) is 1. The normalized spacial score (nSPS) is 16.2. The van der Waals surface area contributed by atoms with Crippen molar-refractivity contribution < 1.29 is 19.4 Å². The monoisotopic (exact) mass is 355 g/mol. The van der Waals surface area contributed by atoms with Crippen molar-refractivity contribution in [3.8, 4) is 11.5 Å². The maximum Gasteiger partial charge on any atom is 0.227 e. The van der Waals surface area contributed by atoms with Gasteiger partial charge in [-0.1, -0.05) is 36.4 Å². The fourth-order valence-electron chi connectivity index (χ4n) is 3.17. The molecule has 0 unspecified atom stereocenters. The van der Waals surface area contributed by atoms with Gasteiger partial charge < -0.3 is 19.5 Å². The summed E-state index contributed by atoms with van der Waals surface area (Å²) in [5.74, 6) is 1.53. The van der Waals surface area contributed by atoms with Crippen molar-refractivity contribution in [1.29, 1.82) is 0 Å². The number of rotatable bonds is 6. The molecule has 5 nitrogen and oxygen atoms in total. The molecule has 1 aliphatic rings. The highest BCUT2D eigenvalue weighted by atomic mass is 16.5. The predicted octanol–water partition coefficient (Wildman–Crippen LogP) is 2.67. The Kier molecular flexibility index (Phi) is 5.78. The Morgan fingerprint density at radius 2 is 1.73 bits per heavy atom. The predicted molar refractivity (Wildman–Crippen MR) is 99.4 cm³/mol. The second-order valence-electron chi connectivity index (χ2n) is 6.70. The molecular formula is C21H25NO4. The van der Waals surface area contributed by atoms with E-state index in [0.717, 1.165) is 17.1 Å². The second-order valence-corrected chi connectivity index (χ2v) is 6.70. The Morgan fingerprint density at radius 3 is 2.42 bits per heavy atom. The van der Waals surface area contributed by atoms with E-state index in [1.165, 1.54) is 0 Å². The maximum atomic E-state index is 12.6. The summed E-state index contributed by atoms with van der Waals surface area (Å²) >= 11 is 0. The van der Waals surface area contributed by atoms with E-state index >= 15 is 0 Å². The molecule has 138 valence electrons. The quantitative estimate of drug-likeness (QED) is 0.865. The summed E-state index contributed by atoms with van der Waals surface area (Å²) in [5.41, 5.74) is -0.00917. The van der Waals surface area contributed by atoms with E-state index in [1.54, 1.807) is 7.11 Å². The number of likely N-dealkylation sites (tertiary alicyclic amines) is 1. The van der Waals surface area contributed by atoms with Crippen LogP contribution in [-0.4, -0.2) is 48.3 Å². The van der Waals surface area contributed by atoms with Gasteiger partial charge in [0.25, 0.3) is 0 Å². The number of nitrogens with zero attached hydrogens (tertiary/aromatic N) is 1. The number of piperidine rings is 1. The summed E-state index contributed by atoms with van der Waals surface area (Å²) in [4.78, 5) is 14.4. The van der Waals surface area contributed by atoms with Gasteiger partial charge in [-0.15, -0.1) is 0 Å². The molecule has 0 aromatic heterocycles. The zero-order valence-electron chi connectivity index (χ0n) is 15.1. The molecule has 5 heteroatoms. The third-order valence-corrected chi connectivity index (χ3v) is 4.83. The van der Waals surface area contributed by atoms with Crippen LogP contribution < -0.4 is 9.47 Å². The van der Waals surface area contributed by atoms with Crippen LogP contribution in [0.25, 0.3) is 0 Å². The number of carbonyl (C=O) groups excluding carboxylic acids is 1. The molecule has 2 aromatic carbocycles. The van der Waals surface area contributed by atoms with Crippen LogP contribution in [0.5, 0.6) is 11.5 Å². The van der Waals surface area contributed by atoms with Gasteiger partial charge in [0.05, 0.1) is 13.5 Å². The Morgan fingerprint density at radius 1 is 1.08 bits per heavy atom. The van der Waals surface area contributed by atoms with Crippen LogP contribution in [0, 0.1) is 0 Å². The lowest BCUT2D eigenvalue weighted by Gasteiger charge is -2.38. The van der Waals surface area contributed by atoms with Gasteiger partial charge in [-0.2, -0.15) is 0 Å². The number of ether oxygens (including phenoxy) is 2. The summed E-state index contributed by atoms with van der Waals surface area (Å²) in [6, 6.07) is 17.0. The van der Waals surface area contributed by atoms with Crippen molar-refractivity contribution in [2.45, 2.75) is 24.9 Å². The Balaban J connectivity index is 1.51. The standard InChI is InChI=1S/C21H25NO4/c1-25-19-10-6-5-7-17(19)15-20(23)22-13-11-21(24,12-14-22)16-26-18-8-3-2-4-9-18/h2-10,24H,11-16H2,1H3. The number of hydrogen-bond acceptors (Lipinski definition) is 4. The van der Waals surface area contributed by atoms with Crippen molar-refractivity contribution in [1.82, 2.24) is 4.90 Å². The van der Waals surface area contributed by atoms with E-state index in [4.69, 9.17) is 9.47 Å². The molecule has 0 bridgehead atoms. The lowest BCUT2D eigenvalue weighted by atomic mass is 9.92. The van der Waals surface area contributed by atoms with Crippen LogP contribution in [0.4, 0.5) is 0 Å². The van der Waals surface area contributed by atoms with E-state index in [0.29, 0.717) is 32.4 Å². The van der Waals surface area contributed by atoms with Gasteiger partial charge in [0.1, 0.15) is 23.7 Å². The summed E-state index contributed by atoms with van der Waals surface area (Å²) in [5, 5.41) is 10.7. The minimum Gasteiger partial charge on any atom is -0.496 e. The van der Waals surface area contributed by atoms with Gasteiger partial charge in [-0.05, 0) is 31.0 Å². The number of para-hydroxylation sites is 2. The molecule has 2 aromatic rings. The van der Waals surface area contributed by atoms with Crippen molar-refractivity contribution in [3.63, 3.8) is 0 Å². The van der Waals surface area contributed by atoms with Crippen LogP contribution in [0.3, 0.4) is 0 Å². The third kappa shape index (κ3) is 4.55. The summed E-state index contributed by atoms with van der Waals surface area (Å²) in [6.45, 7) is 1.30. The van der Waals surface area contributed by atoms with Crippen LogP contribution in [0.15, 0.2) is 54.6 Å². The molecule has 1 amide bonds. The number of amides is 1. The molecule has 0 spiro atoms. The lowest BCUT2D eigenvalue weighted by Crippen LogP contribution is -2.49. The lowest BCUT2D eigenvalue weighted by molar-refractivity contribution is -0.135. The fraction of sp³-hybridized carbons (Fsp3) is 0.381.